The molecule has 30 heavy (non-hydrogen) atoms. The third kappa shape index (κ3) is 4.38. The maximum atomic E-state index is 13.9. The van der Waals surface area contributed by atoms with Gasteiger partial charge >= 0.3 is 0 Å². The Kier molecular flexibility index (Phi) is 5.97. The predicted molar refractivity (Wildman–Crippen MR) is 112 cm³/mol. The highest BCUT2D eigenvalue weighted by molar-refractivity contribution is 5.78. The van der Waals surface area contributed by atoms with Crippen LogP contribution in [0.25, 0.3) is 22.6 Å². The molecule has 0 atom stereocenters. The third-order valence-corrected chi connectivity index (χ3v) is 4.05. The summed E-state index contributed by atoms with van der Waals surface area (Å²) >= 11 is 0. The highest BCUT2D eigenvalue weighted by Crippen LogP contribution is 2.31. The molecule has 3 aromatic rings. The van der Waals surface area contributed by atoms with Crippen molar-refractivity contribution in [3.8, 4) is 28.7 Å². The van der Waals surface area contributed by atoms with E-state index in [4.69, 9.17) is 0 Å². The molecule has 1 aromatic carbocycles. The first-order chi connectivity index (χ1) is 14.3. The molecule has 3 rings (SSSR count). The molecule has 0 fully saturated rings. The first kappa shape index (κ1) is 20.8. The van der Waals surface area contributed by atoms with E-state index in [1.807, 2.05) is 19.9 Å². The van der Waals surface area contributed by atoms with E-state index in [-0.39, 0.29) is 28.8 Å². The SMILES string of the molecule is CC(C)n1nc(-c2nc(C#N)c(N=CN(C)C)nc2-c2cccc(F)c2)ccc1=O. The molecule has 0 aliphatic heterocycles. The van der Waals surface area contributed by atoms with Gasteiger partial charge in [-0.05, 0) is 32.0 Å². The van der Waals surface area contributed by atoms with E-state index in [1.54, 1.807) is 31.1 Å². The molecule has 0 unspecified atom stereocenters. The van der Waals surface area contributed by atoms with Crippen LogP contribution in [0.3, 0.4) is 0 Å². The van der Waals surface area contributed by atoms with Crippen molar-refractivity contribution in [1.29, 1.82) is 5.26 Å². The van der Waals surface area contributed by atoms with Crippen LogP contribution >= 0.6 is 0 Å². The summed E-state index contributed by atoms with van der Waals surface area (Å²) in [5, 5.41) is 14.0. The van der Waals surface area contributed by atoms with Crippen LogP contribution < -0.4 is 5.56 Å². The van der Waals surface area contributed by atoms with Crippen LogP contribution in [0.5, 0.6) is 0 Å². The molecule has 0 spiro atoms. The standard InChI is InChI=1S/C21H20FN7O/c1-13(2)29-18(30)9-8-16(27-29)20-19(14-6-5-7-15(22)10-14)26-21(17(11-23)25-20)24-12-28(3)4/h5-10,12-13H,1-4H3. The van der Waals surface area contributed by atoms with E-state index in [9.17, 15) is 14.4 Å². The monoisotopic (exact) mass is 405 g/mol. The number of halogens is 1. The van der Waals surface area contributed by atoms with Gasteiger partial charge in [0.05, 0.1) is 12.4 Å². The molecule has 152 valence electrons. The average molecular weight is 405 g/mol. The highest BCUT2D eigenvalue weighted by Gasteiger charge is 2.19. The van der Waals surface area contributed by atoms with Crippen molar-refractivity contribution in [3.05, 3.63) is 58.3 Å². The molecule has 0 radical (unpaired) electrons. The summed E-state index contributed by atoms with van der Waals surface area (Å²) in [5.74, 6) is -0.338. The Morgan fingerprint density at radius 3 is 2.60 bits per heavy atom. The largest absolute Gasteiger partial charge is 0.369 e. The topological polar surface area (TPSA) is 100 Å². The van der Waals surface area contributed by atoms with Gasteiger partial charge in [-0.15, -0.1) is 0 Å². The van der Waals surface area contributed by atoms with Gasteiger partial charge in [-0.1, -0.05) is 12.1 Å². The Labute approximate surface area is 173 Å². The average Bonchev–Trinajstić information content (AvgIpc) is 2.71. The summed E-state index contributed by atoms with van der Waals surface area (Å²) in [7, 11) is 3.56. The lowest BCUT2D eigenvalue weighted by Crippen LogP contribution is -2.24. The van der Waals surface area contributed by atoms with E-state index in [0.717, 1.165) is 0 Å². The molecule has 2 aromatic heterocycles. The van der Waals surface area contributed by atoms with Crippen molar-refractivity contribution in [2.24, 2.45) is 4.99 Å². The second-order valence-corrected chi connectivity index (χ2v) is 7.02. The molecule has 9 heteroatoms. The normalized spacial score (nSPS) is 11.1. The summed E-state index contributed by atoms with van der Waals surface area (Å²) < 4.78 is 15.2. The molecule has 0 saturated carbocycles. The van der Waals surface area contributed by atoms with Gasteiger partial charge in [0.2, 0.25) is 0 Å². The van der Waals surface area contributed by atoms with Crippen molar-refractivity contribution in [3.63, 3.8) is 0 Å². The fourth-order valence-corrected chi connectivity index (χ4v) is 2.70. The summed E-state index contributed by atoms with van der Waals surface area (Å²) in [6.45, 7) is 3.66. The van der Waals surface area contributed by atoms with Crippen LogP contribution in [0.15, 0.2) is 46.2 Å². The van der Waals surface area contributed by atoms with Crippen molar-refractivity contribution >= 4 is 12.2 Å². The highest BCUT2D eigenvalue weighted by atomic mass is 19.1. The van der Waals surface area contributed by atoms with Crippen LogP contribution in [0.1, 0.15) is 25.6 Å². The van der Waals surface area contributed by atoms with E-state index < -0.39 is 5.82 Å². The fourth-order valence-electron chi connectivity index (χ4n) is 2.70. The summed E-state index contributed by atoms with van der Waals surface area (Å²) in [6, 6.07) is 10.6. The Balaban J connectivity index is 2.32. The second-order valence-electron chi connectivity index (χ2n) is 7.02. The van der Waals surface area contributed by atoms with E-state index >= 15 is 0 Å². The fraction of sp³-hybridized carbons (Fsp3) is 0.238. The van der Waals surface area contributed by atoms with Gasteiger partial charge < -0.3 is 4.90 Å². The number of benzene rings is 1. The quantitative estimate of drug-likeness (QED) is 0.477. The van der Waals surface area contributed by atoms with Crippen LogP contribution in [0, 0.1) is 17.1 Å². The molecule has 0 aliphatic carbocycles. The van der Waals surface area contributed by atoms with Gasteiger partial charge in [0.15, 0.2) is 11.5 Å². The van der Waals surface area contributed by atoms with Gasteiger partial charge in [-0.3, -0.25) is 4.79 Å². The van der Waals surface area contributed by atoms with Gasteiger partial charge in [-0.2, -0.15) is 10.4 Å². The number of aliphatic imine (C=N–C) groups is 1. The van der Waals surface area contributed by atoms with Crippen molar-refractivity contribution in [2.45, 2.75) is 19.9 Å². The lowest BCUT2D eigenvalue weighted by Gasteiger charge is -2.13. The zero-order valence-electron chi connectivity index (χ0n) is 17.0. The predicted octanol–water partition coefficient (Wildman–Crippen LogP) is 3.18. The van der Waals surface area contributed by atoms with Crippen molar-refractivity contribution in [2.75, 3.05) is 14.1 Å². The lowest BCUT2D eigenvalue weighted by atomic mass is 10.1. The number of nitrogens with zero attached hydrogens (tertiary/aromatic N) is 7. The van der Waals surface area contributed by atoms with E-state index in [1.165, 1.54) is 35.3 Å². The zero-order chi connectivity index (χ0) is 21.8. The van der Waals surface area contributed by atoms with Gasteiger partial charge in [0.1, 0.15) is 29.0 Å². The van der Waals surface area contributed by atoms with Crippen molar-refractivity contribution in [1.82, 2.24) is 24.6 Å². The molecule has 0 N–H and O–H groups in total. The Hall–Kier alpha value is -3.93. The van der Waals surface area contributed by atoms with Crippen LogP contribution in [0.2, 0.25) is 0 Å². The van der Waals surface area contributed by atoms with E-state index in [2.05, 4.69) is 20.1 Å². The summed E-state index contributed by atoms with van der Waals surface area (Å²) in [6.07, 6.45) is 1.50. The third-order valence-electron chi connectivity index (χ3n) is 4.05. The summed E-state index contributed by atoms with van der Waals surface area (Å²) in [4.78, 5) is 26.9. The Morgan fingerprint density at radius 1 is 1.20 bits per heavy atom. The minimum Gasteiger partial charge on any atom is -0.369 e. The van der Waals surface area contributed by atoms with Crippen LogP contribution in [-0.4, -0.2) is 45.1 Å². The molecule has 0 bridgehead atoms. The molecular formula is C21H20FN7O. The maximum absolute atomic E-state index is 13.9. The molecule has 2 heterocycles. The first-order valence-electron chi connectivity index (χ1n) is 9.19. The smallest absolute Gasteiger partial charge is 0.267 e. The molecule has 8 nitrogen and oxygen atoms in total. The lowest BCUT2D eigenvalue weighted by molar-refractivity contribution is 0.504. The molecule has 0 saturated heterocycles. The van der Waals surface area contributed by atoms with Gasteiger partial charge in [0, 0.05) is 25.7 Å². The number of aromatic nitrogens is 4. The molecule has 0 aliphatic rings. The minimum absolute atomic E-state index is 0.00708. The van der Waals surface area contributed by atoms with Gasteiger partial charge in [-0.25, -0.2) is 24.0 Å². The Morgan fingerprint density at radius 2 is 1.97 bits per heavy atom. The minimum atomic E-state index is -0.442. The summed E-state index contributed by atoms with van der Waals surface area (Å²) in [5.41, 5.74) is 1.09. The number of hydrogen-bond acceptors (Lipinski definition) is 6. The molecular weight excluding hydrogens is 385 g/mol. The zero-order valence-corrected chi connectivity index (χ0v) is 17.0. The van der Waals surface area contributed by atoms with E-state index in [0.29, 0.717) is 17.0 Å². The van der Waals surface area contributed by atoms with Crippen LogP contribution in [0.4, 0.5) is 10.2 Å². The first-order valence-corrected chi connectivity index (χ1v) is 9.19. The molecule has 0 amide bonds. The van der Waals surface area contributed by atoms with Crippen LogP contribution in [-0.2, 0) is 0 Å². The maximum Gasteiger partial charge on any atom is 0.267 e. The number of hydrogen-bond donors (Lipinski definition) is 0. The Bertz CT molecular complexity index is 1210. The number of rotatable bonds is 5. The van der Waals surface area contributed by atoms with Gasteiger partial charge in [0.25, 0.3) is 5.56 Å². The van der Waals surface area contributed by atoms with Crippen molar-refractivity contribution < 1.29 is 4.39 Å². The second kappa shape index (κ2) is 8.61. The number of nitriles is 1.